The van der Waals surface area contributed by atoms with Gasteiger partial charge in [-0.1, -0.05) is 36.4 Å². The summed E-state index contributed by atoms with van der Waals surface area (Å²) in [6.07, 6.45) is 0. The minimum absolute atomic E-state index is 0.185. The molecular formula is C15H15O4P. The van der Waals surface area contributed by atoms with Gasteiger partial charge in [0, 0.05) is 0 Å². The second-order valence-corrected chi connectivity index (χ2v) is 6.18. The van der Waals surface area contributed by atoms with Crippen molar-refractivity contribution in [3.05, 3.63) is 65.2 Å². The molecule has 2 aromatic rings. The molecule has 0 aliphatic carbocycles. The van der Waals surface area contributed by atoms with Crippen LogP contribution < -0.4 is 5.30 Å². The van der Waals surface area contributed by atoms with Crippen LogP contribution in [-0.4, -0.2) is 10.9 Å². The van der Waals surface area contributed by atoms with E-state index < -0.39 is 13.6 Å². The zero-order valence-corrected chi connectivity index (χ0v) is 12.1. The lowest BCUT2D eigenvalue weighted by atomic mass is 10.2. The minimum atomic E-state index is -4.19. The van der Waals surface area contributed by atoms with Gasteiger partial charge >= 0.3 is 13.6 Å². The molecule has 0 heterocycles. The van der Waals surface area contributed by atoms with Gasteiger partial charge in [-0.2, -0.15) is 0 Å². The highest BCUT2D eigenvalue weighted by atomic mass is 31.2. The number of hydrogen-bond donors (Lipinski definition) is 1. The van der Waals surface area contributed by atoms with Crippen molar-refractivity contribution in [2.24, 2.45) is 0 Å². The molecule has 2 aromatic carbocycles. The molecule has 0 aromatic heterocycles. The van der Waals surface area contributed by atoms with E-state index in [0.29, 0.717) is 11.1 Å². The maximum atomic E-state index is 12.4. The molecule has 0 aliphatic rings. The van der Waals surface area contributed by atoms with Crippen LogP contribution in [0.1, 0.15) is 21.5 Å². The van der Waals surface area contributed by atoms with Crippen molar-refractivity contribution in [2.75, 3.05) is 0 Å². The third kappa shape index (κ3) is 2.98. The first kappa shape index (κ1) is 14.5. The summed E-state index contributed by atoms with van der Waals surface area (Å²) in [5.41, 5.74) is 1.49. The second-order valence-electron chi connectivity index (χ2n) is 4.51. The third-order valence-electron chi connectivity index (χ3n) is 2.94. The molecule has 0 aliphatic heterocycles. The molecule has 20 heavy (non-hydrogen) atoms. The van der Waals surface area contributed by atoms with E-state index in [2.05, 4.69) is 0 Å². The van der Waals surface area contributed by atoms with Crippen molar-refractivity contribution in [3.63, 3.8) is 0 Å². The quantitative estimate of drug-likeness (QED) is 0.883. The third-order valence-corrected chi connectivity index (χ3v) is 4.62. The minimum Gasteiger partial charge on any atom is -0.385 e. The van der Waals surface area contributed by atoms with Crippen LogP contribution in [0.3, 0.4) is 0 Å². The molecule has 0 radical (unpaired) electrons. The van der Waals surface area contributed by atoms with E-state index in [9.17, 15) is 14.3 Å². The van der Waals surface area contributed by atoms with E-state index in [1.54, 1.807) is 50.2 Å². The highest BCUT2D eigenvalue weighted by molar-refractivity contribution is 7.62. The number of carbonyl (C=O) groups excluding carboxylic acids is 1. The molecular weight excluding hydrogens is 275 g/mol. The molecule has 0 amide bonds. The van der Waals surface area contributed by atoms with Gasteiger partial charge in [0.1, 0.15) is 0 Å². The van der Waals surface area contributed by atoms with Crippen LogP contribution in [0.5, 0.6) is 0 Å². The maximum absolute atomic E-state index is 12.4. The van der Waals surface area contributed by atoms with E-state index in [1.165, 1.54) is 12.1 Å². The van der Waals surface area contributed by atoms with Crippen molar-refractivity contribution in [1.29, 1.82) is 0 Å². The molecule has 0 saturated carbocycles. The summed E-state index contributed by atoms with van der Waals surface area (Å²) >= 11 is 0. The van der Waals surface area contributed by atoms with Gasteiger partial charge in [0.15, 0.2) is 0 Å². The number of rotatable bonds is 3. The fourth-order valence-electron chi connectivity index (χ4n) is 2.04. The van der Waals surface area contributed by atoms with Gasteiger partial charge in [-0.15, -0.1) is 0 Å². The molecule has 5 heteroatoms. The summed E-state index contributed by atoms with van der Waals surface area (Å²) < 4.78 is 17.2. The molecule has 104 valence electrons. The lowest BCUT2D eigenvalue weighted by Crippen LogP contribution is -2.17. The van der Waals surface area contributed by atoms with Crippen LogP contribution in [0, 0.1) is 13.8 Å². The van der Waals surface area contributed by atoms with Crippen LogP contribution in [-0.2, 0) is 9.09 Å². The van der Waals surface area contributed by atoms with Gasteiger partial charge in [-0.05, 0) is 37.1 Å². The summed E-state index contributed by atoms with van der Waals surface area (Å²) in [5, 5.41) is 0.185. The Morgan fingerprint density at radius 2 is 1.55 bits per heavy atom. The predicted octanol–water partition coefficient (Wildman–Crippen LogP) is 2.97. The van der Waals surface area contributed by atoms with Gasteiger partial charge < -0.3 is 9.42 Å². The highest BCUT2D eigenvalue weighted by Gasteiger charge is 2.31. The van der Waals surface area contributed by atoms with E-state index in [4.69, 9.17) is 4.52 Å². The van der Waals surface area contributed by atoms with Gasteiger partial charge in [0.2, 0.25) is 0 Å². The monoisotopic (exact) mass is 290 g/mol. The normalized spacial score (nSPS) is 13.6. The molecule has 4 nitrogen and oxygen atoms in total. The largest absolute Gasteiger partial charge is 0.411 e. The Bertz CT molecular complexity index is 659. The van der Waals surface area contributed by atoms with Gasteiger partial charge in [-0.3, -0.25) is 0 Å². The average Bonchev–Trinajstić information content (AvgIpc) is 2.38. The fraction of sp³-hybridized carbons (Fsp3) is 0.133. The topological polar surface area (TPSA) is 63.6 Å². The maximum Gasteiger partial charge on any atom is 0.411 e. The average molecular weight is 290 g/mol. The zero-order chi connectivity index (χ0) is 14.8. The van der Waals surface area contributed by atoms with E-state index >= 15 is 0 Å². The van der Waals surface area contributed by atoms with Crippen molar-refractivity contribution in [3.8, 4) is 0 Å². The lowest BCUT2D eigenvalue weighted by Gasteiger charge is -2.16. The molecule has 1 N–H and O–H groups in total. The Morgan fingerprint density at radius 1 is 1.00 bits per heavy atom. The second kappa shape index (κ2) is 5.61. The van der Waals surface area contributed by atoms with Crippen LogP contribution in [0.2, 0.25) is 0 Å². The van der Waals surface area contributed by atoms with Gasteiger partial charge in [-0.25, -0.2) is 9.36 Å². The Morgan fingerprint density at radius 3 is 2.10 bits per heavy atom. The Balaban J connectivity index is 2.33. The van der Waals surface area contributed by atoms with E-state index in [-0.39, 0.29) is 10.9 Å². The number of hydrogen-bond acceptors (Lipinski definition) is 3. The zero-order valence-electron chi connectivity index (χ0n) is 11.2. The molecule has 0 spiro atoms. The van der Waals surface area contributed by atoms with Gasteiger partial charge in [0.25, 0.3) is 0 Å². The molecule has 0 fully saturated rings. The van der Waals surface area contributed by atoms with Crippen LogP contribution in [0.4, 0.5) is 0 Å². The van der Waals surface area contributed by atoms with Crippen molar-refractivity contribution < 1.29 is 18.8 Å². The molecule has 1 unspecified atom stereocenters. The summed E-state index contributed by atoms with van der Waals surface area (Å²) in [6.45, 7) is 3.42. The first-order valence-electron chi connectivity index (χ1n) is 6.10. The summed E-state index contributed by atoms with van der Waals surface area (Å²) in [4.78, 5) is 22.0. The van der Waals surface area contributed by atoms with E-state index in [0.717, 1.165) is 0 Å². The smallest absolute Gasteiger partial charge is 0.385 e. The highest BCUT2D eigenvalue weighted by Crippen LogP contribution is 2.43. The Hall–Kier alpha value is -1.90. The molecule has 0 bridgehead atoms. The summed E-state index contributed by atoms with van der Waals surface area (Å²) in [5.74, 6) is -0.806. The molecule has 1 atom stereocenters. The summed E-state index contributed by atoms with van der Waals surface area (Å²) in [6, 6.07) is 13.4. The standard InChI is InChI=1S/C15H15O4P/c1-11-7-6-8-12(2)14(11)20(17,18)19-15(16)13-9-4-3-5-10-13/h3-10H,1-2H3,(H,17,18). The number of benzene rings is 2. The first-order valence-corrected chi connectivity index (χ1v) is 7.68. The van der Waals surface area contributed by atoms with Crippen LogP contribution in [0.25, 0.3) is 0 Å². The lowest BCUT2D eigenvalue weighted by molar-refractivity contribution is 0.0723. The van der Waals surface area contributed by atoms with Crippen LogP contribution >= 0.6 is 7.60 Å². The van der Waals surface area contributed by atoms with E-state index in [1.807, 2.05) is 0 Å². The fourth-order valence-corrected chi connectivity index (χ4v) is 3.50. The number of aryl methyl sites for hydroxylation is 2. The van der Waals surface area contributed by atoms with Crippen molar-refractivity contribution >= 4 is 18.9 Å². The molecule has 0 saturated heterocycles. The predicted molar refractivity (Wildman–Crippen MR) is 77.2 cm³/mol. The van der Waals surface area contributed by atoms with Crippen LogP contribution in [0.15, 0.2) is 48.5 Å². The van der Waals surface area contributed by atoms with Gasteiger partial charge in [0.05, 0.1) is 10.9 Å². The SMILES string of the molecule is Cc1cccc(C)c1P(=O)(O)OC(=O)c1ccccc1. The Labute approximate surface area is 117 Å². The molecule has 2 rings (SSSR count). The van der Waals surface area contributed by atoms with Crippen molar-refractivity contribution in [1.82, 2.24) is 0 Å². The first-order chi connectivity index (χ1) is 9.42. The summed E-state index contributed by atoms with van der Waals surface area (Å²) in [7, 11) is -4.19. The Kier molecular flexibility index (Phi) is 4.07. The van der Waals surface area contributed by atoms with Crippen molar-refractivity contribution in [2.45, 2.75) is 13.8 Å². The number of carbonyl (C=O) groups is 1.